The van der Waals surface area contributed by atoms with Gasteiger partial charge >= 0.3 is 0 Å². The molecule has 2 aromatic rings. The van der Waals surface area contributed by atoms with Crippen LogP contribution in [0.1, 0.15) is 12.5 Å². The normalized spacial score (nSPS) is 11.2. The Bertz CT molecular complexity index is 484. The Morgan fingerprint density at radius 2 is 1.71 bits per heavy atom. The summed E-state index contributed by atoms with van der Waals surface area (Å²) in [5, 5.41) is 11.6. The first-order valence-corrected chi connectivity index (χ1v) is 4.66. The minimum absolute atomic E-state index is 0.342. The van der Waals surface area contributed by atoms with Gasteiger partial charge in [-0.25, -0.2) is 0 Å². The van der Waals surface area contributed by atoms with E-state index in [1.54, 1.807) is 6.07 Å². The van der Waals surface area contributed by atoms with Gasteiger partial charge in [-0.3, -0.25) is 0 Å². The summed E-state index contributed by atoms with van der Waals surface area (Å²) in [5.41, 5.74) is 1.14. The molecule has 0 aromatic heterocycles. The molecule has 0 spiro atoms. The Kier molecular flexibility index (Phi) is 2.23. The van der Waals surface area contributed by atoms with E-state index in [2.05, 4.69) is 0 Å². The van der Waals surface area contributed by atoms with Crippen LogP contribution in [-0.2, 0) is 0 Å². The van der Waals surface area contributed by atoms with E-state index < -0.39 is 0 Å². The Balaban J connectivity index is 2.81. The first-order valence-electron chi connectivity index (χ1n) is 4.66. The molecule has 14 heavy (non-hydrogen) atoms. The van der Waals surface area contributed by atoms with Crippen LogP contribution in [0.25, 0.3) is 16.8 Å². The lowest BCUT2D eigenvalue weighted by Gasteiger charge is -2.03. The summed E-state index contributed by atoms with van der Waals surface area (Å²) in [4.78, 5) is 0. The first kappa shape index (κ1) is 8.82. The Labute approximate surface area is 83.3 Å². The lowest BCUT2D eigenvalue weighted by atomic mass is 10.0. The molecule has 0 atom stereocenters. The van der Waals surface area contributed by atoms with Crippen LogP contribution in [0.4, 0.5) is 0 Å². The second-order valence-corrected chi connectivity index (χ2v) is 3.22. The highest BCUT2D eigenvalue weighted by Gasteiger charge is 2.01. The highest BCUT2D eigenvalue weighted by molar-refractivity contribution is 5.94. The van der Waals surface area contributed by atoms with Gasteiger partial charge in [-0.05, 0) is 23.9 Å². The molecule has 0 aliphatic carbocycles. The van der Waals surface area contributed by atoms with Crippen molar-refractivity contribution in [1.82, 2.24) is 0 Å². The molecule has 0 bridgehead atoms. The van der Waals surface area contributed by atoms with Crippen LogP contribution in [0.15, 0.2) is 42.5 Å². The molecule has 1 heteroatoms. The van der Waals surface area contributed by atoms with Crippen molar-refractivity contribution in [3.05, 3.63) is 48.0 Å². The Morgan fingerprint density at radius 1 is 1.00 bits per heavy atom. The zero-order valence-corrected chi connectivity index (χ0v) is 8.07. The minimum Gasteiger partial charge on any atom is -0.507 e. The van der Waals surface area contributed by atoms with Gasteiger partial charge in [-0.15, -0.1) is 0 Å². The van der Waals surface area contributed by atoms with E-state index >= 15 is 0 Å². The van der Waals surface area contributed by atoms with Gasteiger partial charge in [0.05, 0.1) is 0 Å². The highest BCUT2D eigenvalue weighted by Crippen LogP contribution is 2.27. The third-order valence-corrected chi connectivity index (χ3v) is 2.28. The topological polar surface area (TPSA) is 20.2 Å². The highest BCUT2D eigenvalue weighted by atomic mass is 16.3. The van der Waals surface area contributed by atoms with E-state index in [0.29, 0.717) is 5.75 Å². The number of benzene rings is 2. The molecule has 1 N–H and O–H groups in total. The maximum Gasteiger partial charge on any atom is 0.123 e. The summed E-state index contributed by atoms with van der Waals surface area (Å²) < 4.78 is 0. The Morgan fingerprint density at radius 3 is 2.43 bits per heavy atom. The fourth-order valence-corrected chi connectivity index (χ4v) is 1.63. The third kappa shape index (κ3) is 1.37. The van der Waals surface area contributed by atoms with Crippen LogP contribution in [0.3, 0.4) is 0 Å². The average Bonchev–Trinajstić information content (AvgIpc) is 2.23. The molecule has 70 valence electrons. The molecular weight excluding hydrogens is 172 g/mol. The van der Waals surface area contributed by atoms with Gasteiger partial charge in [0.15, 0.2) is 0 Å². The summed E-state index contributed by atoms with van der Waals surface area (Å²) >= 11 is 0. The number of hydrogen-bond donors (Lipinski definition) is 1. The van der Waals surface area contributed by atoms with Crippen LogP contribution >= 0.6 is 0 Å². The van der Waals surface area contributed by atoms with Gasteiger partial charge in [-0.1, -0.05) is 42.5 Å². The molecular formula is C13H12O. The van der Waals surface area contributed by atoms with E-state index in [0.717, 1.165) is 16.3 Å². The average molecular weight is 184 g/mol. The SMILES string of the molecule is CC=Cc1ccc(O)c2ccccc12. The lowest BCUT2D eigenvalue weighted by Crippen LogP contribution is -1.78. The van der Waals surface area contributed by atoms with Gasteiger partial charge in [0.1, 0.15) is 5.75 Å². The summed E-state index contributed by atoms with van der Waals surface area (Å²) in [6, 6.07) is 11.5. The summed E-state index contributed by atoms with van der Waals surface area (Å²) in [5.74, 6) is 0.342. The maximum atomic E-state index is 9.64. The molecule has 0 saturated carbocycles. The summed E-state index contributed by atoms with van der Waals surface area (Å²) in [6.45, 7) is 1.99. The van der Waals surface area contributed by atoms with Crippen molar-refractivity contribution in [2.75, 3.05) is 0 Å². The molecule has 2 rings (SSSR count). The number of aromatic hydroxyl groups is 1. The number of phenolic OH excluding ortho intramolecular Hbond substituents is 1. The van der Waals surface area contributed by atoms with Crippen molar-refractivity contribution < 1.29 is 5.11 Å². The zero-order chi connectivity index (χ0) is 9.97. The molecule has 0 fully saturated rings. The van der Waals surface area contributed by atoms with Crippen molar-refractivity contribution in [1.29, 1.82) is 0 Å². The van der Waals surface area contributed by atoms with Crippen LogP contribution in [-0.4, -0.2) is 5.11 Å². The summed E-state index contributed by atoms with van der Waals surface area (Å²) in [6.07, 6.45) is 4.04. The molecule has 2 aromatic carbocycles. The number of rotatable bonds is 1. The van der Waals surface area contributed by atoms with Crippen LogP contribution in [0.2, 0.25) is 0 Å². The number of allylic oxidation sites excluding steroid dienone is 1. The largest absolute Gasteiger partial charge is 0.507 e. The van der Waals surface area contributed by atoms with Crippen molar-refractivity contribution in [3.8, 4) is 5.75 Å². The smallest absolute Gasteiger partial charge is 0.123 e. The van der Waals surface area contributed by atoms with Gasteiger partial charge in [-0.2, -0.15) is 0 Å². The van der Waals surface area contributed by atoms with Gasteiger partial charge in [0.2, 0.25) is 0 Å². The minimum atomic E-state index is 0.342. The second kappa shape index (κ2) is 3.54. The van der Waals surface area contributed by atoms with E-state index in [1.807, 2.05) is 49.4 Å². The van der Waals surface area contributed by atoms with Crippen LogP contribution < -0.4 is 0 Å². The predicted molar refractivity (Wildman–Crippen MR) is 60.3 cm³/mol. The molecule has 0 heterocycles. The summed E-state index contributed by atoms with van der Waals surface area (Å²) in [7, 11) is 0. The van der Waals surface area contributed by atoms with Crippen molar-refractivity contribution >= 4 is 16.8 Å². The fourth-order valence-electron chi connectivity index (χ4n) is 1.63. The maximum absolute atomic E-state index is 9.64. The predicted octanol–water partition coefficient (Wildman–Crippen LogP) is 3.58. The Hall–Kier alpha value is -1.76. The third-order valence-electron chi connectivity index (χ3n) is 2.28. The molecule has 0 aliphatic heterocycles. The van der Waals surface area contributed by atoms with Crippen molar-refractivity contribution in [2.24, 2.45) is 0 Å². The number of fused-ring (bicyclic) bond motifs is 1. The van der Waals surface area contributed by atoms with Crippen LogP contribution in [0, 0.1) is 0 Å². The molecule has 0 radical (unpaired) electrons. The zero-order valence-electron chi connectivity index (χ0n) is 8.07. The molecule has 0 unspecified atom stereocenters. The number of phenols is 1. The standard InChI is InChI=1S/C13H12O/c1-2-5-10-8-9-13(14)12-7-4-3-6-11(10)12/h2-9,14H,1H3. The first-order chi connectivity index (χ1) is 6.83. The molecule has 0 amide bonds. The monoisotopic (exact) mass is 184 g/mol. The number of hydrogen-bond acceptors (Lipinski definition) is 1. The fraction of sp³-hybridized carbons (Fsp3) is 0.0769. The van der Waals surface area contributed by atoms with E-state index in [4.69, 9.17) is 0 Å². The molecule has 1 nitrogen and oxygen atoms in total. The quantitative estimate of drug-likeness (QED) is 0.718. The van der Waals surface area contributed by atoms with Gasteiger partial charge < -0.3 is 5.11 Å². The van der Waals surface area contributed by atoms with Crippen molar-refractivity contribution in [3.63, 3.8) is 0 Å². The van der Waals surface area contributed by atoms with E-state index in [9.17, 15) is 5.11 Å². The van der Waals surface area contributed by atoms with E-state index in [-0.39, 0.29) is 0 Å². The second-order valence-electron chi connectivity index (χ2n) is 3.22. The van der Waals surface area contributed by atoms with Gasteiger partial charge in [0, 0.05) is 5.39 Å². The van der Waals surface area contributed by atoms with E-state index in [1.165, 1.54) is 0 Å². The molecule has 0 saturated heterocycles. The van der Waals surface area contributed by atoms with Crippen LogP contribution in [0.5, 0.6) is 5.75 Å². The lowest BCUT2D eigenvalue weighted by molar-refractivity contribution is 0.481. The van der Waals surface area contributed by atoms with Crippen molar-refractivity contribution in [2.45, 2.75) is 6.92 Å². The molecule has 0 aliphatic rings. The van der Waals surface area contributed by atoms with Gasteiger partial charge in [0.25, 0.3) is 0 Å².